The quantitative estimate of drug-likeness (QED) is 0.802. The van der Waals surface area contributed by atoms with Crippen LogP contribution in [0.4, 0.5) is 0 Å². The Morgan fingerprint density at radius 3 is 2.77 bits per heavy atom. The van der Waals surface area contributed by atoms with Gasteiger partial charge in [-0.2, -0.15) is 0 Å². The third-order valence-corrected chi connectivity index (χ3v) is 5.18. The summed E-state index contributed by atoms with van der Waals surface area (Å²) < 4.78 is 12.9. The van der Waals surface area contributed by atoms with Gasteiger partial charge in [-0.3, -0.25) is 9.59 Å². The van der Waals surface area contributed by atoms with Crippen molar-refractivity contribution in [2.45, 2.75) is 64.5 Å². The molecule has 1 aliphatic rings. The summed E-state index contributed by atoms with van der Waals surface area (Å²) >= 11 is 0. The van der Waals surface area contributed by atoms with Crippen molar-refractivity contribution in [3.8, 4) is 0 Å². The highest BCUT2D eigenvalue weighted by atomic mass is 16.5. The highest BCUT2D eigenvalue weighted by Crippen LogP contribution is 2.24. The number of aromatic nitrogens is 1. The molecule has 142 valence electrons. The van der Waals surface area contributed by atoms with Crippen molar-refractivity contribution in [2.75, 3.05) is 6.61 Å². The van der Waals surface area contributed by atoms with Crippen LogP contribution in [0.2, 0.25) is 0 Å². The maximum atomic E-state index is 12.7. The highest BCUT2D eigenvalue weighted by molar-refractivity contribution is 6.06. The third kappa shape index (κ3) is 3.85. The first-order valence-corrected chi connectivity index (χ1v) is 9.51. The maximum Gasteiger partial charge on any atom is 0.262 e. The molecule has 0 atom stereocenters. The molecule has 0 saturated heterocycles. The van der Waals surface area contributed by atoms with Crippen molar-refractivity contribution < 1.29 is 13.9 Å². The number of pyridine rings is 1. The van der Waals surface area contributed by atoms with Crippen LogP contribution in [0.25, 0.3) is 11.0 Å². The molecule has 1 amide bonds. The van der Waals surface area contributed by atoms with E-state index < -0.39 is 0 Å². The number of amides is 1. The van der Waals surface area contributed by atoms with Gasteiger partial charge < -0.3 is 19.0 Å². The van der Waals surface area contributed by atoms with Crippen molar-refractivity contribution in [3.05, 3.63) is 33.9 Å². The van der Waals surface area contributed by atoms with E-state index in [1.165, 1.54) is 10.8 Å². The highest BCUT2D eigenvalue weighted by Gasteiger charge is 2.25. The number of hydrogen-bond donors (Lipinski definition) is 1. The maximum absolute atomic E-state index is 12.7. The standard InChI is InChI=1S/C20H28N2O4/c1-4-5-10-25-15-8-6-14(7-9-15)21-19(23)16-12-26-18-13(2)11-22(3)20(24)17(16)18/h11-12,14-15H,4-10H2,1-3H3,(H,21,23). The summed E-state index contributed by atoms with van der Waals surface area (Å²) in [5.74, 6) is -0.234. The van der Waals surface area contributed by atoms with Crippen LogP contribution in [-0.2, 0) is 11.8 Å². The number of unbranched alkanes of at least 4 members (excludes halogenated alkanes) is 1. The molecule has 2 aromatic rings. The van der Waals surface area contributed by atoms with Crippen molar-refractivity contribution in [1.82, 2.24) is 9.88 Å². The minimum absolute atomic E-state index is 0.118. The lowest BCUT2D eigenvalue weighted by molar-refractivity contribution is 0.0209. The van der Waals surface area contributed by atoms with Crippen molar-refractivity contribution >= 4 is 16.9 Å². The first kappa shape index (κ1) is 18.7. The summed E-state index contributed by atoms with van der Waals surface area (Å²) in [5.41, 5.74) is 1.44. The third-order valence-electron chi connectivity index (χ3n) is 5.18. The number of furan rings is 1. The van der Waals surface area contributed by atoms with Crippen LogP contribution in [0.5, 0.6) is 0 Å². The van der Waals surface area contributed by atoms with Crippen molar-refractivity contribution in [1.29, 1.82) is 0 Å². The molecule has 1 fully saturated rings. The molecule has 0 aliphatic heterocycles. The molecule has 26 heavy (non-hydrogen) atoms. The lowest BCUT2D eigenvalue weighted by Gasteiger charge is -2.29. The Labute approximate surface area is 153 Å². The van der Waals surface area contributed by atoms with Gasteiger partial charge in [0.2, 0.25) is 0 Å². The monoisotopic (exact) mass is 360 g/mol. The fourth-order valence-corrected chi connectivity index (χ4v) is 3.64. The van der Waals surface area contributed by atoms with Crippen LogP contribution in [-0.4, -0.2) is 29.2 Å². The second-order valence-electron chi connectivity index (χ2n) is 7.25. The molecular formula is C20H28N2O4. The Morgan fingerprint density at radius 2 is 2.08 bits per heavy atom. The Morgan fingerprint density at radius 1 is 1.35 bits per heavy atom. The number of nitrogens with one attached hydrogen (secondary N) is 1. The van der Waals surface area contributed by atoms with E-state index >= 15 is 0 Å². The first-order valence-electron chi connectivity index (χ1n) is 9.51. The average molecular weight is 360 g/mol. The zero-order valence-corrected chi connectivity index (χ0v) is 15.8. The number of ether oxygens (including phenoxy) is 1. The van der Waals surface area contributed by atoms with Gasteiger partial charge in [-0.25, -0.2) is 0 Å². The van der Waals surface area contributed by atoms with Crippen LogP contribution in [0, 0.1) is 6.92 Å². The Kier molecular flexibility index (Phi) is 5.81. The molecule has 0 spiro atoms. The molecular weight excluding hydrogens is 332 g/mol. The van der Waals surface area contributed by atoms with Gasteiger partial charge in [0.25, 0.3) is 11.5 Å². The van der Waals surface area contributed by atoms with E-state index in [4.69, 9.17) is 9.15 Å². The second kappa shape index (κ2) is 8.08. The summed E-state index contributed by atoms with van der Waals surface area (Å²) in [6.45, 7) is 4.85. The summed E-state index contributed by atoms with van der Waals surface area (Å²) in [6.07, 6.45) is 9.37. The fourth-order valence-electron chi connectivity index (χ4n) is 3.64. The number of fused-ring (bicyclic) bond motifs is 1. The van der Waals surface area contributed by atoms with E-state index in [0.717, 1.165) is 50.7 Å². The number of aryl methyl sites for hydroxylation is 2. The summed E-state index contributed by atoms with van der Waals surface area (Å²) in [6, 6.07) is 0.118. The molecule has 0 unspecified atom stereocenters. The molecule has 6 nitrogen and oxygen atoms in total. The predicted molar refractivity (Wildman–Crippen MR) is 101 cm³/mol. The minimum Gasteiger partial charge on any atom is -0.463 e. The van der Waals surface area contributed by atoms with Gasteiger partial charge in [0.05, 0.1) is 17.1 Å². The summed E-state index contributed by atoms with van der Waals surface area (Å²) in [5, 5.41) is 3.43. The van der Waals surface area contributed by atoms with Crippen LogP contribution in [0.1, 0.15) is 61.4 Å². The lowest BCUT2D eigenvalue weighted by Crippen LogP contribution is -2.39. The Hall–Kier alpha value is -2.08. The molecule has 0 aromatic carbocycles. The SMILES string of the molecule is CCCCOC1CCC(NC(=O)c2coc3c(C)cn(C)c(=O)c23)CC1. The predicted octanol–water partition coefficient (Wildman–Crippen LogP) is 3.30. The van der Waals surface area contributed by atoms with Gasteiger partial charge in [0, 0.05) is 31.5 Å². The van der Waals surface area contributed by atoms with E-state index in [1.807, 2.05) is 6.92 Å². The molecule has 1 aliphatic carbocycles. The number of carbonyl (C=O) groups excluding carboxylic acids is 1. The van der Waals surface area contributed by atoms with E-state index in [-0.39, 0.29) is 17.5 Å². The molecule has 1 saturated carbocycles. The molecule has 0 bridgehead atoms. The van der Waals surface area contributed by atoms with Gasteiger partial charge in [-0.05, 0) is 39.0 Å². The van der Waals surface area contributed by atoms with Crippen molar-refractivity contribution in [2.24, 2.45) is 7.05 Å². The summed E-state index contributed by atoms with van der Waals surface area (Å²) in [4.78, 5) is 25.1. The summed E-state index contributed by atoms with van der Waals surface area (Å²) in [7, 11) is 1.68. The zero-order valence-electron chi connectivity index (χ0n) is 15.8. The van der Waals surface area contributed by atoms with Gasteiger partial charge in [-0.15, -0.1) is 0 Å². The number of nitrogens with zero attached hydrogens (tertiary/aromatic N) is 1. The molecule has 1 N–H and O–H groups in total. The van der Waals surface area contributed by atoms with E-state index in [0.29, 0.717) is 22.6 Å². The fraction of sp³-hybridized carbons (Fsp3) is 0.600. The topological polar surface area (TPSA) is 73.5 Å². The molecule has 3 rings (SSSR count). The van der Waals surface area contributed by atoms with Gasteiger partial charge in [0.15, 0.2) is 0 Å². The van der Waals surface area contributed by atoms with E-state index in [1.54, 1.807) is 13.2 Å². The minimum atomic E-state index is -0.234. The zero-order chi connectivity index (χ0) is 18.7. The molecule has 6 heteroatoms. The lowest BCUT2D eigenvalue weighted by atomic mass is 9.92. The van der Waals surface area contributed by atoms with Gasteiger partial charge in [0.1, 0.15) is 11.8 Å². The average Bonchev–Trinajstić information content (AvgIpc) is 3.07. The van der Waals surface area contributed by atoms with Crippen molar-refractivity contribution in [3.63, 3.8) is 0 Å². The normalized spacial score (nSPS) is 20.4. The van der Waals surface area contributed by atoms with Crippen LogP contribution >= 0.6 is 0 Å². The Bertz CT molecular complexity index is 828. The second-order valence-corrected chi connectivity index (χ2v) is 7.25. The van der Waals surface area contributed by atoms with Gasteiger partial charge >= 0.3 is 0 Å². The first-order chi connectivity index (χ1) is 12.5. The Balaban J connectivity index is 1.65. The van der Waals surface area contributed by atoms with E-state index in [9.17, 15) is 9.59 Å². The number of rotatable bonds is 6. The van der Waals surface area contributed by atoms with Crippen LogP contribution in [0.3, 0.4) is 0 Å². The van der Waals surface area contributed by atoms with Crippen LogP contribution < -0.4 is 10.9 Å². The molecule has 0 radical (unpaired) electrons. The molecule has 2 heterocycles. The smallest absolute Gasteiger partial charge is 0.262 e. The molecule has 2 aromatic heterocycles. The number of hydrogen-bond acceptors (Lipinski definition) is 4. The largest absolute Gasteiger partial charge is 0.463 e. The van der Waals surface area contributed by atoms with Gasteiger partial charge in [-0.1, -0.05) is 13.3 Å². The van der Waals surface area contributed by atoms with E-state index in [2.05, 4.69) is 12.2 Å². The van der Waals surface area contributed by atoms with Crippen LogP contribution in [0.15, 0.2) is 21.7 Å². The number of carbonyl (C=O) groups is 1.